The highest BCUT2D eigenvalue weighted by Crippen LogP contribution is 2.26. The Kier molecular flexibility index (Phi) is 3.13. The molecule has 12 heavy (non-hydrogen) atoms. The van der Waals surface area contributed by atoms with Gasteiger partial charge in [-0.05, 0) is 40.5 Å². The molecule has 0 spiro atoms. The van der Waals surface area contributed by atoms with Crippen molar-refractivity contribution >= 4 is 27.5 Å². The summed E-state index contributed by atoms with van der Waals surface area (Å²) >= 11 is 9.10. The summed E-state index contributed by atoms with van der Waals surface area (Å²) in [4.78, 5) is 0. The van der Waals surface area contributed by atoms with Gasteiger partial charge in [0.15, 0.2) is 0 Å². The van der Waals surface area contributed by atoms with Crippen molar-refractivity contribution in [2.75, 3.05) is 0 Å². The number of nitriles is 1. The predicted molar refractivity (Wildman–Crippen MR) is 53.2 cm³/mol. The molecule has 1 aromatic carbocycles. The monoisotopic (exact) mass is 243 g/mol. The van der Waals surface area contributed by atoms with Gasteiger partial charge >= 0.3 is 0 Å². The first kappa shape index (κ1) is 9.57. The van der Waals surface area contributed by atoms with E-state index < -0.39 is 0 Å². The molecule has 0 aliphatic heterocycles. The Labute approximate surface area is 85.1 Å². The third-order valence-electron chi connectivity index (χ3n) is 1.64. The van der Waals surface area contributed by atoms with E-state index in [-0.39, 0.29) is 5.92 Å². The molecular formula is C9H7BrClN. The fourth-order valence-electron chi connectivity index (χ4n) is 0.856. The minimum Gasteiger partial charge on any atom is -0.198 e. The van der Waals surface area contributed by atoms with Crippen LogP contribution >= 0.6 is 27.5 Å². The fourth-order valence-corrected chi connectivity index (χ4v) is 1.37. The molecule has 0 saturated heterocycles. The molecule has 0 bridgehead atoms. The van der Waals surface area contributed by atoms with E-state index in [1.807, 2.05) is 19.1 Å². The van der Waals surface area contributed by atoms with Crippen molar-refractivity contribution < 1.29 is 0 Å². The summed E-state index contributed by atoms with van der Waals surface area (Å²) in [5.74, 6) is -0.0847. The summed E-state index contributed by atoms with van der Waals surface area (Å²) < 4.78 is 0.837. The molecule has 0 amide bonds. The maximum atomic E-state index is 8.65. The van der Waals surface area contributed by atoms with Crippen LogP contribution in [0.4, 0.5) is 0 Å². The Morgan fingerprint density at radius 3 is 2.75 bits per heavy atom. The van der Waals surface area contributed by atoms with Crippen molar-refractivity contribution in [3.8, 4) is 6.07 Å². The van der Waals surface area contributed by atoms with E-state index in [9.17, 15) is 0 Å². The van der Waals surface area contributed by atoms with Crippen LogP contribution in [0.5, 0.6) is 0 Å². The highest BCUT2D eigenvalue weighted by atomic mass is 79.9. The van der Waals surface area contributed by atoms with Gasteiger partial charge in [-0.1, -0.05) is 17.7 Å². The van der Waals surface area contributed by atoms with Crippen molar-refractivity contribution in [1.29, 1.82) is 5.26 Å². The first-order chi connectivity index (χ1) is 5.65. The van der Waals surface area contributed by atoms with Gasteiger partial charge in [-0.2, -0.15) is 5.26 Å². The van der Waals surface area contributed by atoms with Gasteiger partial charge in [-0.15, -0.1) is 0 Å². The number of hydrogen-bond donors (Lipinski definition) is 0. The van der Waals surface area contributed by atoms with E-state index in [0.717, 1.165) is 10.0 Å². The molecule has 0 aliphatic carbocycles. The molecule has 1 unspecified atom stereocenters. The third-order valence-corrected chi connectivity index (χ3v) is 2.85. The first-order valence-corrected chi connectivity index (χ1v) is 4.67. The van der Waals surface area contributed by atoms with Gasteiger partial charge in [0.1, 0.15) is 0 Å². The number of halogens is 2. The number of nitrogens with zero attached hydrogens (tertiary/aromatic N) is 1. The van der Waals surface area contributed by atoms with Gasteiger partial charge < -0.3 is 0 Å². The van der Waals surface area contributed by atoms with Crippen LogP contribution < -0.4 is 0 Å². The normalized spacial score (nSPS) is 12.2. The zero-order valence-electron chi connectivity index (χ0n) is 6.51. The largest absolute Gasteiger partial charge is 0.198 e. The van der Waals surface area contributed by atoms with Crippen molar-refractivity contribution in [3.05, 3.63) is 33.3 Å². The number of rotatable bonds is 1. The number of hydrogen-bond acceptors (Lipinski definition) is 1. The van der Waals surface area contributed by atoms with Crippen LogP contribution in [0.1, 0.15) is 18.4 Å². The molecule has 1 atom stereocenters. The second-order valence-electron chi connectivity index (χ2n) is 2.52. The van der Waals surface area contributed by atoms with Gasteiger partial charge in [0.25, 0.3) is 0 Å². The number of benzene rings is 1. The lowest BCUT2D eigenvalue weighted by atomic mass is 10.0. The average molecular weight is 245 g/mol. The van der Waals surface area contributed by atoms with E-state index in [1.54, 1.807) is 6.07 Å². The molecule has 1 rings (SSSR count). The van der Waals surface area contributed by atoms with Gasteiger partial charge in [0.05, 0.1) is 17.0 Å². The maximum absolute atomic E-state index is 8.65. The second-order valence-corrected chi connectivity index (χ2v) is 3.79. The smallest absolute Gasteiger partial charge is 0.0700 e. The molecule has 0 aliphatic rings. The van der Waals surface area contributed by atoms with E-state index in [2.05, 4.69) is 22.0 Å². The standard InChI is InChI=1S/C9H7BrClN/c1-6(5-12)7-2-3-9(11)8(10)4-7/h2-4,6H,1H3. The van der Waals surface area contributed by atoms with Crippen LogP contribution in [0.15, 0.2) is 22.7 Å². The summed E-state index contributed by atoms with van der Waals surface area (Å²) in [6.07, 6.45) is 0. The molecule has 0 saturated carbocycles. The van der Waals surface area contributed by atoms with Crippen LogP contribution in [-0.2, 0) is 0 Å². The van der Waals surface area contributed by atoms with Crippen LogP contribution in [0, 0.1) is 11.3 Å². The Bertz CT molecular complexity index is 330. The van der Waals surface area contributed by atoms with Crippen molar-refractivity contribution in [1.82, 2.24) is 0 Å². The Hall–Kier alpha value is -0.520. The third kappa shape index (κ3) is 2.00. The second kappa shape index (κ2) is 3.93. The van der Waals surface area contributed by atoms with E-state index in [0.29, 0.717) is 5.02 Å². The van der Waals surface area contributed by atoms with E-state index in [1.165, 1.54) is 0 Å². The van der Waals surface area contributed by atoms with E-state index >= 15 is 0 Å². The Morgan fingerprint density at radius 1 is 1.58 bits per heavy atom. The van der Waals surface area contributed by atoms with E-state index in [4.69, 9.17) is 16.9 Å². The molecule has 0 heterocycles. The van der Waals surface area contributed by atoms with Gasteiger partial charge in [-0.3, -0.25) is 0 Å². The lowest BCUT2D eigenvalue weighted by Crippen LogP contribution is -1.88. The Balaban J connectivity index is 3.06. The van der Waals surface area contributed by atoms with Crippen molar-refractivity contribution in [2.45, 2.75) is 12.8 Å². The lowest BCUT2D eigenvalue weighted by Gasteiger charge is -2.03. The predicted octanol–water partition coefficient (Wildman–Crippen LogP) is 3.73. The molecule has 0 fully saturated rings. The minimum atomic E-state index is -0.0847. The lowest BCUT2D eigenvalue weighted by molar-refractivity contribution is 0.980. The maximum Gasteiger partial charge on any atom is 0.0700 e. The van der Waals surface area contributed by atoms with Crippen LogP contribution in [0.25, 0.3) is 0 Å². The highest BCUT2D eigenvalue weighted by molar-refractivity contribution is 9.10. The quantitative estimate of drug-likeness (QED) is 0.738. The molecule has 3 heteroatoms. The van der Waals surface area contributed by atoms with Crippen LogP contribution in [-0.4, -0.2) is 0 Å². The summed E-state index contributed by atoms with van der Waals surface area (Å²) in [7, 11) is 0. The summed E-state index contributed by atoms with van der Waals surface area (Å²) in [5, 5.41) is 9.32. The van der Waals surface area contributed by atoms with Gasteiger partial charge in [0.2, 0.25) is 0 Å². The van der Waals surface area contributed by atoms with Gasteiger partial charge in [-0.25, -0.2) is 0 Å². The van der Waals surface area contributed by atoms with Crippen molar-refractivity contribution in [2.24, 2.45) is 0 Å². The zero-order chi connectivity index (χ0) is 9.14. The summed E-state index contributed by atoms with van der Waals surface area (Å²) in [6.45, 7) is 1.86. The fraction of sp³-hybridized carbons (Fsp3) is 0.222. The molecule has 62 valence electrons. The molecule has 1 aromatic rings. The molecule has 0 radical (unpaired) electrons. The first-order valence-electron chi connectivity index (χ1n) is 3.49. The molecular weight excluding hydrogens is 237 g/mol. The molecule has 1 nitrogen and oxygen atoms in total. The summed E-state index contributed by atoms with van der Waals surface area (Å²) in [6, 6.07) is 7.68. The molecule has 0 aromatic heterocycles. The van der Waals surface area contributed by atoms with Crippen LogP contribution in [0.3, 0.4) is 0 Å². The SMILES string of the molecule is CC(C#N)c1ccc(Cl)c(Br)c1. The van der Waals surface area contributed by atoms with Crippen LogP contribution in [0.2, 0.25) is 5.02 Å². The topological polar surface area (TPSA) is 23.8 Å². The minimum absolute atomic E-state index is 0.0847. The van der Waals surface area contributed by atoms with Crippen molar-refractivity contribution in [3.63, 3.8) is 0 Å². The highest BCUT2D eigenvalue weighted by Gasteiger charge is 2.05. The van der Waals surface area contributed by atoms with Gasteiger partial charge in [0, 0.05) is 4.47 Å². The molecule has 0 N–H and O–H groups in total. The zero-order valence-corrected chi connectivity index (χ0v) is 8.85. The Morgan fingerprint density at radius 2 is 2.25 bits per heavy atom. The summed E-state index contributed by atoms with van der Waals surface area (Å²) in [5.41, 5.74) is 0.980. The average Bonchev–Trinajstić information content (AvgIpc) is 2.08.